The van der Waals surface area contributed by atoms with E-state index in [-0.39, 0.29) is 11.9 Å². The number of nitrogens with one attached hydrogen (secondary N) is 1. The first-order valence-electron chi connectivity index (χ1n) is 7.26. The summed E-state index contributed by atoms with van der Waals surface area (Å²) in [6, 6.07) is 2.28. The number of amides is 1. The average Bonchev–Trinajstić information content (AvgIpc) is 2.80. The van der Waals surface area contributed by atoms with E-state index in [0.717, 1.165) is 24.1 Å². The van der Waals surface area contributed by atoms with Gasteiger partial charge in [0, 0.05) is 10.9 Å². The van der Waals surface area contributed by atoms with Crippen LogP contribution in [0, 0.1) is 12.8 Å². The van der Waals surface area contributed by atoms with Gasteiger partial charge in [0.2, 0.25) is 0 Å². The molecule has 3 nitrogen and oxygen atoms in total. The van der Waals surface area contributed by atoms with Crippen molar-refractivity contribution in [2.75, 3.05) is 6.54 Å². The Bertz CT molecular complexity index is 441. The predicted molar refractivity (Wildman–Crippen MR) is 80.7 cm³/mol. The molecule has 19 heavy (non-hydrogen) atoms. The SMILES string of the molecule is CCc1sc(C(=O)NC2CCCCC2CN)cc1C. The van der Waals surface area contributed by atoms with Gasteiger partial charge in [-0.2, -0.15) is 0 Å². The Morgan fingerprint density at radius 1 is 1.47 bits per heavy atom. The summed E-state index contributed by atoms with van der Waals surface area (Å²) in [5.74, 6) is 0.530. The van der Waals surface area contributed by atoms with Gasteiger partial charge in [0.05, 0.1) is 4.88 Å². The number of carbonyl (C=O) groups is 1. The van der Waals surface area contributed by atoms with E-state index in [4.69, 9.17) is 5.73 Å². The quantitative estimate of drug-likeness (QED) is 0.891. The molecular weight excluding hydrogens is 256 g/mol. The average molecular weight is 280 g/mol. The number of aryl methyl sites for hydroxylation is 2. The molecule has 0 bridgehead atoms. The van der Waals surface area contributed by atoms with Gasteiger partial charge in [-0.15, -0.1) is 11.3 Å². The van der Waals surface area contributed by atoms with Gasteiger partial charge in [-0.25, -0.2) is 0 Å². The maximum absolute atomic E-state index is 12.3. The zero-order valence-electron chi connectivity index (χ0n) is 11.9. The van der Waals surface area contributed by atoms with Crippen LogP contribution < -0.4 is 11.1 Å². The number of hydrogen-bond donors (Lipinski definition) is 2. The second-order valence-electron chi connectivity index (χ2n) is 5.43. The number of hydrogen-bond acceptors (Lipinski definition) is 3. The van der Waals surface area contributed by atoms with Gasteiger partial charge in [0.25, 0.3) is 5.91 Å². The minimum Gasteiger partial charge on any atom is -0.348 e. The second-order valence-corrected chi connectivity index (χ2v) is 6.57. The van der Waals surface area contributed by atoms with Crippen molar-refractivity contribution in [3.05, 3.63) is 21.4 Å². The van der Waals surface area contributed by atoms with E-state index < -0.39 is 0 Å². The molecule has 1 aliphatic rings. The number of nitrogens with two attached hydrogens (primary N) is 1. The smallest absolute Gasteiger partial charge is 0.261 e. The molecule has 3 N–H and O–H groups in total. The van der Waals surface area contributed by atoms with Gasteiger partial charge < -0.3 is 11.1 Å². The molecule has 1 fully saturated rings. The number of rotatable bonds is 4. The zero-order valence-corrected chi connectivity index (χ0v) is 12.7. The first kappa shape index (κ1) is 14.5. The Labute approximate surface area is 119 Å². The summed E-state index contributed by atoms with van der Waals surface area (Å²) in [5, 5.41) is 3.19. The maximum atomic E-state index is 12.3. The summed E-state index contributed by atoms with van der Waals surface area (Å²) in [5.41, 5.74) is 7.04. The van der Waals surface area contributed by atoms with E-state index in [1.165, 1.54) is 23.3 Å². The molecule has 1 aromatic rings. The highest BCUT2D eigenvalue weighted by Crippen LogP contribution is 2.26. The van der Waals surface area contributed by atoms with Crippen LogP contribution in [-0.2, 0) is 6.42 Å². The van der Waals surface area contributed by atoms with Crippen LogP contribution >= 0.6 is 11.3 Å². The Morgan fingerprint density at radius 3 is 2.84 bits per heavy atom. The van der Waals surface area contributed by atoms with Crippen LogP contribution in [0.5, 0.6) is 0 Å². The first-order chi connectivity index (χ1) is 9.15. The van der Waals surface area contributed by atoms with Gasteiger partial charge in [-0.1, -0.05) is 19.8 Å². The molecule has 2 atom stereocenters. The first-order valence-corrected chi connectivity index (χ1v) is 8.07. The van der Waals surface area contributed by atoms with Crippen molar-refractivity contribution in [2.24, 2.45) is 11.7 Å². The van der Waals surface area contributed by atoms with Gasteiger partial charge in [0.1, 0.15) is 0 Å². The monoisotopic (exact) mass is 280 g/mol. The normalized spacial score (nSPS) is 23.3. The summed E-state index contributed by atoms with van der Waals surface area (Å²) < 4.78 is 0. The third-order valence-electron chi connectivity index (χ3n) is 4.09. The fraction of sp³-hybridized carbons (Fsp3) is 0.667. The fourth-order valence-electron chi connectivity index (χ4n) is 2.90. The van der Waals surface area contributed by atoms with Crippen LogP contribution in [0.15, 0.2) is 6.07 Å². The van der Waals surface area contributed by atoms with Crippen molar-refractivity contribution in [3.63, 3.8) is 0 Å². The number of thiophene rings is 1. The van der Waals surface area contributed by atoms with Gasteiger partial charge >= 0.3 is 0 Å². The summed E-state index contributed by atoms with van der Waals surface area (Å²) >= 11 is 1.62. The molecule has 1 aromatic heterocycles. The van der Waals surface area contributed by atoms with E-state index in [1.807, 2.05) is 6.07 Å². The molecule has 106 valence electrons. The largest absolute Gasteiger partial charge is 0.348 e. The number of carbonyl (C=O) groups excluding carboxylic acids is 1. The third kappa shape index (κ3) is 3.37. The standard InChI is InChI=1S/C15H24N2OS/c1-3-13-10(2)8-14(19-13)15(18)17-12-7-5-4-6-11(12)9-16/h8,11-12H,3-7,9,16H2,1-2H3,(H,17,18). The van der Waals surface area contributed by atoms with Crippen LogP contribution in [0.25, 0.3) is 0 Å². The van der Waals surface area contributed by atoms with Gasteiger partial charge in [-0.05, 0) is 50.3 Å². The maximum Gasteiger partial charge on any atom is 0.261 e. The lowest BCUT2D eigenvalue weighted by atomic mass is 9.84. The molecule has 1 amide bonds. The van der Waals surface area contributed by atoms with Gasteiger partial charge in [-0.3, -0.25) is 4.79 Å². The Hall–Kier alpha value is -0.870. The Balaban J connectivity index is 2.03. The van der Waals surface area contributed by atoms with Crippen LogP contribution in [0.1, 0.15) is 52.7 Å². The van der Waals surface area contributed by atoms with Crippen LogP contribution in [0.4, 0.5) is 0 Å². The van der Waals surface area contributed by atoms with Crippen molar-refractivity contribution in [2.45, 2.75) is 52.0 Å². The fourth-order valence-corrected chi connectivity index (χ4v) is 3.92. The van der Waals surface area contributed by atoms with E-state index in [9.17, 15) is 4.79 Å². The molecule has 0 saturated heterocycles. The molecule has 1 heterocycles. The Kier molecular flexibility index (Phi) is 4.99. The molecule has 0 aliphatic heterocycles. The highest BCUT2D eigenvalue weighted by atomic mass is 32.1. The van der Waals surface area contributed by atoms with Crippen LogP contribution in [0.3, 0.4) is 0 Å². The second kappa shape index (κ2) is 6.53. The van der Waals surface area contributed by atoms with Crippen LogP contribution in [-0.4, -0.2) is 18.5 Å². The molecule has 0 radical (unpaired) electrons. The molecule has 2 unspecified atom stereocenters. The minimum atomic E-state index is 0.0816. The third-order valence-corrected chi connectivity index (χ3v) is 5.47. The summed E-state index contributed by atoms with van der Waals surface area (Å²) in [7, 11) is 0. The molecular formula is C15H24N2OS. The van der Waals surface area contributed by atoms with Crippen molar-refractivity contribution < 1.29 is 4.79 Å². The summed E-state index contributed by atoms with van der Waals surface area (Å²) in [6.45, 7) is 4.89. The van der Waals surface area contributed by atoms with Crippen molar-refractivity contribution in [1.82, 2.24) is 5.32 Å². The van der Waals surface area contributed by atoms with E-state index in [2.05, 4.69) is 19.2 Å². The molecule has 0 aromatic carbocycles. The van der Waals surface area contributed by atoms with E-state index in [0.29, 0.717) is 12.5 Å². The predicted octanol–water partition coefficient (Wildman–Crippen LogP) is 2.87. The lowest BCUT2D eigenvalue weighted by molar-refractivity contribution is 0.0912. The lowest BCUT2D eigenvalue weighted by Gasteiger charge is -2.31. The van der Waals surface area contributed by atoms with Crippen molar-refractivity contribution in [3.8, 4) is 0 Å². The lowest BCUT2D eigenvalue weighted by Crippen LogP contribution is -2.44. The summed E-state index contributed by atoms with van der Waals surface area (Å²) in [6.07, 6.45) is 5.65. The highest BCUT2D eigenvalue weighted by Gasteiger charge is 2.26. The van der Waals surface area contributed by atoms with Crippen LogP contribution in [0.2, 0.25) is 0 Å². The molecule has 1 saturated carbocycles. The zero-order chi connectivity index (χ0) is 13.8. The van der Waals surface area contributed by atoms with E-state index >= 15 is 0 Å². The molecule has 2 rings (SSSR count). The molecule has 1 aliphatic carbocycles. The molecule has 4 heteroatoms. The summed E-state index contributed by atoms with van der Waals surface area (Å²) in [4.78, 5) is 14.5. The van der Waals surface area contributed by atoms with Crippen molar-refractivity contribution in [1.29, 1.82) is 0 Å². The minimum absolute atomic E-state index is 0.0816. The van der Waals surface area contributed by atoms with Crippen molar-refractivity contribution >= 4 is 17.2 Å². The van der Waals surface area contributed by atoms with Gasteiger partial charge in [0.15, 0.2) is 0 Å². The Morgan fingerprint density at radius 2 is 2.21 bits per heavy atom. The molecule has 0 spiro atoms. The highest BCUT2D eigenvalue weighted by molar-refractivity contribution is 7.14. The topological polar surface area (TPSA) is 55.1 Å². The van der Waals surface area contributed by atoms with E-state index in [1.54, 1.807) is 11.3 Å².